The number of rotatable bonds is 2. The zero-order valence-corrected chi connectivity index (χ0v) is 8.55. The fraction of sp³-hybridized carbons (Fsp3) is 0.500. The number of benzene rings is 1. The molecule has 1 N–H and O–H groups in total. The molecule has 0 saturated carbocycles. The van der Waals surface area contributed by atoms with Gasteiger partial charge < -0.3 is 5.32 Å². The van der Waals surface area contributed by atoms with Crippen LogP contribution in [0.25, 0.3) is 0 Å². The summed E-state index contributed by atoms with van der Waals surface area (Å²) < 4.78 is 25.5. The molecule has 0 spiro atoms. The summed E-state index contributed by atoms with van der Waals surface area (Å²) in [4.78, 5) is 0. The Kier molecular flexibility index (Phi) is 3.31. The van der Waals surface area contributed by atoms with Crippen LogP contribution in [0.15, 0.2) is 24.3 Å². The lowest BCUT2D eigenvalue weighted by Gasteiger charge is -2.29. The normalized spacial score (nSPS) is 26.5. The molecule has 2 unspecified atom stereocenters. The maximum atomic E-state index is 13.0. The number of nitrogens with one attached hydrogen (secondary N) is 1. The number of alkyl halides is 1. The predicted molar refractivity (Wildman–Crippen MR) is 55.8 cm³/mol. The summed E-state index contributed by atoms with van der Waals surface area (Å²) in [6.45, 7) is 0.545. The standard InChI is InChI=1S/C12H15F2N/c13-8-9-4-5-15-12(6-9)10-2-1-3-11(14)7-10/h1-3,7,9,12,15H,4-6,8H2. The molecule has 82 valence electrons. The highest BCUT2D eigenvalue weighted by atomic mass is 19.1. The third-order valence-corrected chi connectivity index (χ3v) is 2.98. The summed E-state index contributed by atoms with van der Waals surface area (Å²) in [5.41, 5.74) is 0.924. The van der Waals surface area contributed by atoms with Gasteiger partial charge in [-0.2, -0.15) is 0 Å². The van der Waals surface area contributed by atoms with E-state index in [4.69, 9.17) is 0 Å². The van der Waals surface area contributed by atoms with Crippen LogP contribution in [-0.4, -0.2) is 13.2 Å². The Labute approximate surface area is 88.5 Å². The summed E-state index contributed by atoms with van der Waals surface area (Å²) in [7, 11) is 0. The van der Waals surface area contributed by atoms with E-state index in [-0.39, 0.29) is 24.5 Å². The molecule has 0 amide bonds. The van der Waals surface area contributed by atoms with Gasteiger partial charge in [0.05, 0.1) is 6.67 Å². The van der Waals surface area contributed by atoms with E-state index < -0.39 is 0 Å². The molecule has 0 bridgehead atoms. The van der Waals surface area contributed by atoms with Gasteiger partial charge in [0.25, 0.3) is 0 Å². The molecule has 0 aromatic heterocycles. The van der Waals surface area contributed by atoms with Crippen molar-refractivity contribution in [1.29, 1.82) is 0 Å². The Hall–Kier alpha value is -0.960. The van der Waals surface area contributed by atoms with Crippen LogP contribution in [0.2, 0.25) is 0 Å². The fourth-order valence-electron chi connectivity index (χ4n) is 2.11. The van der Waals surface area contributed by atoms with Gasteiger partial charge >= 0.3 is 0 Å². The van der Waals surface area contributed by atoms with Crippen molar-refractivity contribution in [1.82, 2.24) is 5.32 Å². The summed E-state index contributed by atoms with van der Waals surface area (Å²) in [5.74, 6) is -0.101. The van der Waals surface area contributed by atoms with Gasteiger partial charge in [0, 0.05) is 6.04 Å². The van der Waals surface area contributed by atoms with Crippen LogP contribution in [0.1, 0.15) is 24.4 Å². The van der Waals surface area contributed by atoms with Gasteiger partial charge in [-0.05, 0) is 43.0 Å². The number of halogens is 2. The van der Waals surface area contributed by atoms with Gasteiger partial charge in [0.1, 0.15) is 5.82 Å². The number of hydrogen-bond donors (Lipinski definition) is 1. The third kappa shape index (κ3) is 2.53. The van der Waals surface area contributed by atoms with Crippen molar-refractivity contribution < 1.29 is 8.78 Å². The Morgan fingerprint density at radius 2 is 2.27 bits per heavy atom. The third-order valence-electron chi connectivity index (χ3n) is 2.98. The lowest BCUT2D eigenvalue weighted by molar-refractivity contribution is 0.250. The lowest BCUT2D eigenvalue weighted by atomic mass is 9.90. The van der Waals surface area contributed by atoms with Crippen LogP contribution in [0.5, 0.6) is 0 Å². The highest BCUT2D eigenvalue weighted by molar-refractivity contribution is 5.20. The largest absolute Gasteiger partial charge is 0.310 e. The van der Waals surface area contributed by atoms with E-state index in [1.165, 1.54) is 12.1 Å². The first-order valence-corrected chi connectivity index (χ1v) is 5.34. The first kappa shape index (κ1) is 10.6. The molecule has 1 fully saturated rings. The molecule has 1 aromatic carbocycles. The first-order valence-electron chi connectivity index (χ1n) is 5.34. The van der Waals surface area contributed by atoms with Crippen LogP contribution in [0, 0.1) is 11.7 Å². The van der Waals surface area contributed by atoms with Gasteiger partial charge in [-0.25, -0.2) is 4.39 Å². The van der Waals surface area contributed by atoms with Crippen LogP contribution < -0.4 is 5.32 Å². The van der Waals surface area contributed by atoms with Crippen molar-refractivity contribution in [3.63, 3.8) is 0 Å². The summed E-state index contributed by atoms with van der Waals surface area (Å²) in [6, 6.07) is 6.65. The van der Waals surface area contributed by atoms with Gasteiger partial charge in [-0.3, -0.25) is 4.39 Å². The van der Waals surface area contributed by atoms with E-state index in [1.54, 1.807) is 6.07 Å². The van der Waals surface area contributed by atoms with Crippen molar-refractivity contribution in [2.45, 2.75) is 18.9 Å². The maximum absolute atomic E-state index is 13.0. The summed E-state index contributed by atoms with van der Waals surface area (Å²) >= 11 is 0. The fourth-order valence-corrected chi connectivity index (χ4v) is 2.11. The van der Waals surface area contributed by atoms with Crippen molar-refractivity contribution in [3.05, 3.63) is 35.6 Å². The Morgan fingerprint density at radius 3 is 3.00 bits per heavy atom. The zero-order valence-electron chi connectivity index (χ0n) is 8.55. The maximum Gasteiger partial charge on any atom is 0.123 e. The smallest absolute Gasteiger partial charge is 0.123 e. The topological polar surface area (TPSA) is 12.0 Å². The highest BCUT2D eigenvalue weighted by Crippen LogP contribution is 2.27. The second kappa shape index (κ2) is 4.71. The molecular weight excluding hydrogens is 196 g/mol. The van der Waals surface area contributed by atoms with Gasteiger partial charge in [0.2, 0.25) is 0 Å². The van der Waals surface area contributed by atoms with Crippen LogP contribution in [0.3, 0.4) is 0 Å². The molecule has 1 nitrogen and oxygen atoms in total. The Morgan fingerprint density at radius 1 is 1.40 bits per heavy atom. The summed E-state index contributed by atoms with van der Waals surface area (Å²) in [6.07, 6.45) is 1.64. The number of piperidine rings is 1. The average Bonchev–Trinajstić information content (AvgIpc) is 2.29. The Bertz CT molecular complexity index is 327. The van der Waals surface area contributed by atoms with Crippen LogP contribution in [-0.2, 0) is 0 Å². The second-order valence-corrected chi connectivity index (χ2v) is 4.11. The molecular formula is C12H15F2N. The molecule has 2 atom stereocenters. The van der Waals surface area contributed by atoms with Crippen molar-refractivity contribution in [2.75, 3.05) is 13.2 Å². The molecule has 0 radical (unpaired) electrons. The van der Waals surface area contributed by atoms with Gasteiger partial charge in [-0.1, -0.05) is 12.1 Å². The van der Waals surface area contributed by atoms with E-state index >= 15 is 0 Å². The predicted octanol–water partition coefficient (Wildman–Crippen LogP) is 2.84. The SMILES string of the molecule is FCC1CCNC(c2cccc(F)c2)C1. The van der Waals surface area contributed by atoms with E-state index in [0.717, 1.165) is 24.9 Å². The molecule has 1 aliphatic heterocycles. The molecule has 15 heavy (non-hydrogen) atoms. The quantitative estimate of drug-likeness (QED) is 0.793. The lowest BCUT2D eigenvalue weighted by Crippen LogP contribution is -2.32. The van der Waals surface area contributed by atoms with Crippen molar-refractivity contribution in [3.8, 4) is 0 Å². The molecule has 3 heteroatoms. The van der Waals surface area contributed by atoms with E-state index in [0.29, 0.717) is 0 Å². The first-order chi connectivity index (χ1) is 7.29. The van der Waals surface area contributed by atoms with Crippen LogP contribution >= 0.6 is 0 Å². The van der Waals surface area contributed by atoms with E-state index in [2.05, 4.69) is 5.32 Å². The highest BCUT2D eigenvalue weighted by Gasteiger charge is 2.22. The molecule has 0 aliphatic carbocycles. The van der Waals surface area contributed by atoms with E-state index in [1.807, 2.05) is 6.07 Å². The monoisotopic (exact) mass is 211 g/mol. The number of hydrogen-bond acceptors (Lipinski definition) is 1. The summed E-state index contributed by atoms with van der Waals surface area (Å²) in [5, 5.41) is 3.29. The van der Waals surface area contributed by atoms with Gasteiger partial charge in [0.15, 0.2) is 0 Å². The molecule has 1 aliphatic rings. The molecule has 1 aromatic rings. The molecule has 1 saturated heterocycles. The van der Waals surface area contributed by atoms with Crippen molar-refractivity contribution in [2.24, 2.45) is 5.92 Å². The molecule has 2 rings (SSSR count). The Balaban J connectivity index is 2.09. The minimum absolute atomic E-state index is 0.107. The average molecular weight is 211 g/mol. The minimum Gasteiger partial charge on any atom is -0.310 e. The molecule has 1 heterocycles. The van der Waals surface area contributed by atoms with Crippen molar-refractivity contribution >= 4 is 0 Å². The van der Waals surface area contributed by atoms with Gasteiger partial charge in [-0.15, -0.1) is 0 Å². The minimum atomic E-state index is -0.270. The zero-order chi connectivity index (χ0) is 10.7. The second-order valence-electron chi connectivity index (χ2n) is 4.11. The van der Waals surface area contributed by atoms with Crippen LogP contribution in [0.4, 0.5) is 8.78 Å². The van der Waals surface area contributed by atoms with E-state index in [9.17, 15) is 8.78 Å².